The number of rotatable bonds is 11. The van der Waals surface area contributed by atoms with Crippen LogP contribution in [0.2, 0.25) is 0 Å². The molecular formula is C31H51N3O4. The van der Waals surface area contributed by atoms with Crippen molar-refractivity contribution in [1.82, 2.24) is 15.5 Å². The zero-order valence-electron chi connectivity index (χ0n) is 25.0. The first-order chi connectivity index (χ1) is 17.8. The highest BCUT2D eigenvalue weighted by atomic mass is 16.6. The summed E-state index contributed by atoms with van der Waals surface area (Å²) in [5.74, 6) is -0.591. The SMILES string of the molecule is CCCCCN(C(=O)C(NC(=O)OC(C)(C)C)C(C)C)C(C(=O)NC1CCCCC1)c1cc(C)ccc1C. The van der Waals surface area contributed by atoms with Gasteiger partial charge in [-0.3, -0.25) is 9.59 Å². The molecule has 0 heterocycles. The molecule has 2 atom stereocenters. The van der Waals surface area contributed by atoms with Crippen molar-refractivity contribution in [3.8, 4) is 0 Å². The van der Waals surface area contributed by atoms with Crippen molar-refractivity contribution in [2.24, 2.45) is 5.92 Å². The number of carbonyl (C=O) groups excluding carboxylic acids is 3. The Labute approximate surface area is 230 Å². The van der Waals surface area contributed by atoms with Crippen LogP contribution in [0.25, 0.3) is 0 Å². The lowest BCUT2D eigenvalue weighted by Gasteiger charge is -2.37. The normalized spacial score (nSPS) is 16.0. The predicted molar refractivity (Wildman–Crippen MR) is 153 cm³/mol. The van der Waals surface area contributed by atoms with Crippen LogP contribution >= 0.6 is 0 Å². The van der Waals surface area contributed by atoms with Crippen molar-refractivity contribution in [1.29, 1.82) is 0 Å². The van der Waals surface area contributed by atoms with Gasteiger partial charge in [0.05, 0.1) is 0 Å². The quantitative estimate of drug-likeness (QED) is 0.327. The maximum atomic E-state index is 14.3. The molecule has 1 saturated carbocycles. The lowest BCUT2D eigenvalue weighted by atomic mass is 9.92. The Hall–Kier alpha value is -2.57. The van der Waals surface area contributed by atoms with Gasteiger partial charge in [0.1, 0.15) is 17.7 Å². The van der Waals surface area contributed by atoms with Gasteiger partial charge in [0, 0.05) is 12.6 Å². The largest absolute Gasteiger partial charge is 0.444 e. The van der Waals surface area contributed by atoms with Gasteiger partial charge in [0.15, 0.2) is 0 Å². The molecule has 1 fully saturated rings. The van der Waals surface area contributed by atoms with E-state index in [1.807, 2.05) is 45.9 Å². The number of amides is 3. The third kappa shape index (κ3) is 9.63. The molecule has 1 aliphatic carbocycles. The summed E-state index contributed by atoms with van der Waals surface area (Å²) >= 11 is 0. The van der Waals surface area contributed by atoms with Crippen LogP contribution in [0.1, 0.15) is 116 Å². The van der Waals surface area contributed by atoms with Crippen LogP contribution in [0, 0.1) is 19.8 Å². The summed E-state index contributed by atoms with van der Waals surface area (Å²) in [6.07, 6.45) is 7.41. The van der Waals surface area contributed by atoms with Crippen LogP contribution in [-0.2, 0) is 14.3 Å². The summed E-state index contributed by atoms with van der Waals surface area (Å²) in [6, 6.07) is 4.59. The molecular weight excluding hydrogens is 478 g/mol. The number of nitrogens with one attached hydrogen (secondary N) is 2. The van der Waals surface area contributed by atoms with Gasteiger partial charge in [-0.15, -0.1) is 0 Å². The van der Waals surface area contributed by atoms with E-state index >= 15 is 0 Å². The van der Waals surface area contributed by atoms with Crippen molar-refractivity contribution >= 4 is 17.9 Å². The van der Waals surface area contributed by atoms with E-state index in [0.29, 0.717) is 6.54 Å². The van der Waals surface area contributed by atoms with Crippen LogP contribution in [0.4, 0.5) is 4.79 Å². The summed E-state index contributed by atoms with van der Waals surface area (Å²) in [4.78, 5) is 42.7. The Morgan fingerprint density at radius 1 is 1.05 bits per heavy atom. The summed E-state index contributed by atoms with van der Waals surface area (Å²) in [5, 5.41) is 6.10. The Bertz CT molecular complexity index is 932. The number of nitrogens with zero attached hydrogens (tertiary/aromatic N) is 1. The highest BCUT2D eigenvalue weighted by molar-refractivity contribution is 5.92. The zero-order valence-corrected chi connectivity index (χ0v) is 25.0. The van der Waals surface area contributed by atoms with Gasteiger partial charge < -0.3 is 20.3 Å². The summed E-state index contributed by atoms with van der Waals surface area (Å²) in [5.41, 5.74) is 2.16. The number of ether oxygens (including phenoxy) is 1. The number of aryl methyl sites for hydroxylation is 2. The first-order valence-electron chi connectivity index (χ1n) is 14.5. The Kier molecular flexibility index (Phi) is 12.1. The molecule has 0 spiro atoms. The first kappa shape index (κ1) is 31.6. The molecule has 0 aliphatic heterocycles. The highest BCUT2D eigenvalue weighted by Gasteiger charge is 2.38. The summed E-state index contributed by atoms with van der Waals surface area (Å²) < 4.78 is 5.47. The number of alkyl carbamates (subject to hydrolysis) is 1. The summed E-state index contributed by atoms with van der Waals surface area (Å²) in [6.45, 7) is 15.7. The number of carbonyl (C=O) groups is 3. The molecule has 1 aromatic carbocycles. The fraction of sp³-hybridized carbons (Fsp3) is 0.710. The monoisotopic (exact) mass is 529 g/mol. The molecule has 0 aromatic heterocycles. The van der Waals surface area contributed by atoms with Gasteiger partial charge in [-0.1, -0.05) is 76.6 Å². The molecule has 2 N–H and O–H groups in total. The Morgan fingerprint density at radius 3 is 2.29 bits per heavy atom. The number of hydrogen-bond donors (Lipinski definition) is 2. The minimum Gasteiger partial charge on any atom is -0.444 e. The Morgan fingerprint density at radius 2 is 1.71 bits per heavy atom. The van der Waals surface area contributed by atoms with Crippen LogP contribution in [0.5, 0.6) is 0 Å². The zero-order chi connectivity index (χ0) is 28.5. The van der Waals surface area contributed by atoms with Crippen molar-refractivity contribution in [2.75, 3.05) is 6.54 Å². The van der Waals surface area contributed by atoms with E-state index in [-0.39, 0.29) is 23.8 Å². The average Bonchev–Trinajstić information content (AvgIpc) is 2.83. The predicted octanol–water partition coefficient (Wildman–Crippen LogP) is 6.36. The number of benzene rings is 1. The summed E-state index contributed by atoms with van der Waals surface area (Å²) in [7, 11) is 0. The fourth-order valence-electron chi connectivity index (χ4n) is 5.06. The van der Waals surface area contributed by atoms with Gasteiger partial charge in [0.2, 0.25) is 11.8 Å². The Balaban J connectivity index is 2.50. The van der Waals surface area contributed by atoms with Crippen molar-refractivity contribution in [3.05, 3.63) is 34.9 Å². The topological polar surface area (TPSA) is 87.7 Å². The van der Waals surface area contributed by atoms with E-state index in [0.717, 1.165) is 61.6 Å². The molecule has 0 saturated heterocycles. The molecule has 0 bridgehead atoms. The van der Waals surface area contributed by atoms with Crippen LogP contribution in [-0.4, -0.2) is 47.0 Å². The highest BCUT2D eigenvalue weighted by Crippen LogP contribution is 2.29. The van der Waals surface area contributed by atoms with Crippen LogP contribution in [0.3, 0.4) is 0 Å². The van der Waals surface area contributed by atoms with Crippen molar-refractivity contribution in [3.63, 3.8) is 0 Å². The van der Waals surface area contributed by atoms with E-state index in [2.05, 4.69) is 17.6 Å². The lowest BCUT2D eigenvalue weighted by Crippen LogP contribution is -2.55. The molecule has 7 nitrogen and oxygen atoms in total. The molecule has 7 heteroatoms. The maximum Gasteiger partial charge on any atom is 0.408 e. The van der Waals surface area contributed by atoms with E-state index in [9.17, 15) is 14.4 Å². The minimum absolute atomic E-state index is 0.122. The van der Waals surface area contributed by atoms with Gasteiger partial charge in [-0.05, 0) is 70.9 Å². The second-order valence-electron chi connectivity index (χ2n) is 12.2. The van der Waals surface area contributed by atoms with E-state index in [1.165, 1.54) is 6.42 Å². The molecule has 214 valence electrons. The first-order valence-corrected chi connectivity index (χ1v) is 14.5. The molecule has 2 unspecified atom stereocenters. The van der Waals surface area contributed by atoms with Gasteiger partial charge in [-0.25, -0.2) is 4.79 Å². The number of hydrogen-bond acceptors (Lipinski definition) is 4. The molecule has 1 aliphatic rings. The van der Waals surface area contributed by atoms with Gasteiger partial charge in [0.25, 0.3) is 0 Å². The smallest absolute Gasteiger partial charge is 0.408 e. The van der Waals surface area contributed by atoms with Crippen molar-refractivity contribution < 1.29 is 19.1 Å². The minimum atomic E-state index is -0.818. The molecule has 38 heavy (non-hydrogen) atoms. The van der Waals surface area contributed by atoms with E-state index in [4.69, 9.17) is 4.74 Å². The van der Waals surface area contributed by atoms with Gasteiger partial charge in [-0.2, -0.15) is 0 Å². The average molecular weight is 530 g/mol. The molecule has 0 radical (unpaired) electrons. The second-order valence-corrected chi connectivity index (χ2v) is 12.2. The molecule has 1 aromatic rings. The second kappa shape index (κ2) is 14.5. The molecule has 3 amide bonds. The van der Waals surface area contributed by atoms with E-state index in [1.54, 1.807) is 25.7 Å². The van der Waals surface area contributed by atoms with Gasteiger partial charge >= 0.3 is 6.09 Å². The lowest BCUT2D eigenvalue weighted by molar-refractivity contribution is -0.143. The third-order valence-electron chi connectivity index (χ3n) is 7.13. The van der Waals surface area contributed by atoms with E-state index < -0.39 is 23.8 Å². The third-order valence-corrected chi connectivity index (χ3v) is 7.13. The van der Waals surface area contributed by atoms with Crippen LogP contribution < -0.4 is 10.6 Å². The number of unbranched alkanes of at least 4 members (excludes halogenated alkanes) is 2. The van der Waals surface area contributed by atoms with Crippen LogP contribution in [0.15, 0.2) is 18.2 Å². The van der Waals surface area contributed by atoms with Crippen molar-refractivity contribution in [2.45, 2.75) is 130 Å². The fourth-order valence-corrected chi connectivity index (χ4v) is 5.06. The maximum absolute atomic E-state index is 14.3. The standard InChI is InChI=1S/C31H51N3O4/c1-9-10-14-19-34(29(36)26(21(2)3)33-30(37)38-31(6,7)8)27(25-20-22(4)17-18-23(25)5)28(35)32-24-15-12-11-13-16-24/h17-18,20-21,24,26-27H,9-16,19H2,1-8H3,(H,32,35)(H,33,37). The molecule has 2 rings (SSSR count).